The van der Waals surface area contributed by atoms with E-state index in [9.17, 15) is 9.59 Å². The van der Waals surface area contributed by atoms with Gasteiger partial charge < -0.3 is 26.6 Å². The summed E-state index contributed by atoms with van der Waals surface area (Å²) in [4.78, 5) is 33.6. The molecular weight excluding hydrogens is 424 g/mol. The third-order valence-electron chi connectivity index (χ3n) is 7.13. The van der Waals surface area contributed by atoms with Crippen molar-refractivity contribution < 1.29 is 9.59 Å². The van der Waals surface area contributed by atoms with Gasteiger partial charge in [0.15, 0.2) is 0 Å². The topological polar surface area (TPSA) is 108 Å². The Morgan fingerprint density at radius 1 is 1.16 bits per heavy atom. The van der Waals surface area contributed by atoms with Crippen LogP contribution < -0.4 is 16.8 Å². The molecule has 1 aliphatic heterocycles. The molecular formula is C23H40N6O2S. The molecule has 5 N–H and O–H groups in total. The number of nitrogens with zero attached hydrogens (tertiary/aromatic N) is 3. The highest BCUT2D eigenvalue weighted by Crippen LogP contribution is 2.44. The molecule has 180 valence electrons. The van der Waals surface area contributed by atoms with Gasteiger partial charge in [-0.15, -0.1) is 11.3 Å². The van der Waals surface area contributed by atoms with Crippen molar-refractivity contribution >= 4 is 34.0 Å². The number of likely N-dealkylation sites (tertiary alicyclic amines) is 1. The first-order valence-electron chi connectivity index (χ1n) is 12.0. The van der Waals surface area contributed by atoms with E-state index in [1.54, 1.807) is 11.3 Å². The number of nitrogens with two attached hydrogens (primary N) is 2. The van der Waals surface area contributed by atoms with Crippen LogP contribution in [0.5, 0.6) is 0 Å². The van der Waals surface area contributed by atoms with E-state index in [1.165, 1.54) is 15.3 Å². The quantitative estimate of drug-likeness (QED) is 0.545. The number of fused-ring (bicyclic) bond motifs is 2. The van der Waals surface area contributed by atoms with Crippen LogP contribution in [0.4, 0.5) is 15.5 Å². The highest BCUT2D eigenvalue weighted by molar-refractivity contribution is 7.16. The fourth-order valence-corrected chi connectivity index (χ4v) is 6.33. The molecule has 1 saturated heterocycles. The standard InChI is InChI=1S/C23H40N6O2S/c1-5-9-29(23(31)26-8-10-28(6-2)7-3)22(30)16-11-15-12-17-19(32-21(25)20(17)24)13-18(15)27(4)14-16/h15-16,18H,5-14,24-25H2,1-4H3,(H,26,31)/t15-,16-,18-/m1/s1. The maximum Gasteiger partial charge on any atom is 0.324 e. The number of hydrogen-bond donors (Lipinski definition) is 3. The maximum absolute atomic E-state index is 13.5. The molecule has 3 atom stereocenters. The smallest absolute Gasteiger partial charge is 0.324 e. The number of thiophene rings is 1. The van der Waals surface area contributed by atoms with Gasteiger partial charge in [-0.3, -0.25) is 9.69 Å². The van der Waals surface area contributed by atoms with Crippen molar-refractivity contribution in [1.29, 1.82) is 0 Å². The number of anilines is 2. The molecule has 1 aliphatic carbocycles. The van der Waals surface area contributed by atoms with E-state index >= 15 is 0 Å². The van der Waals surface area contributed by atoms with E-state index in [1.807, 2.05) is 6.92 Å². The zero-order valence-corrected chi connectivity index (χ0v) is 20.8. The van der Waals surface area contributed by atoms with Gasteiger partial charge in [-0.1, -0.05) is 20.8 Å². The lowest BCUT2D eigenvalue weighted by atomic mass is 9.74. The van der Waals surface area contributed by atoms with Crippen molar-refractivity contribution in [2.24, 2.45) is 11.8 Å². The minimum atomic E-state index is -0.269. The molecule has 1 fully saturated rings. The Bertz CT molecular complexity index is 809. The van der Waals surface area contributed by atoms with E-state index < -0.39 is 0 Å². The fourth-order valence-electron chi connectivity index (χ4n) is 5.26. The Balaban J connectivity index is 1.66. The number of hydrogen-bond acceptors (Lipinski definition) is 7. The number of nitrogens with one attached hydrogen (secondary N) is 1. The number of carbonyl (C=O) groups excluding carboxylic acids is 2. The fraction of sp³-hybridized carbons (Fsp3) is 0.739. The minimum absolute atomic E-state index is 0.0545. The first-order valence-corrected chi connectivity index (χ1v) is 12.8. The van der Waals surface area contributed by atoms with Gasteiger partial charge in [0.2, 0.25) is 5.91 Å². The molecule has 0 radical (unpaired) electrons. The zero-order chi connectivity index (χ0) is 23.4. The van der Waals surface area contributed by atoms with Crippen LogP contribution in [0.25, 0.3) is 0 Å². The molecule has 3 rings (SSSR count). The van der Waals surface area contributed by atoms with E-state index in [4.69, 9.17) is 11.5 Å². The largest absolute Gasteiger partial charge is 0.396 e. The molecule has 1 aromatic heterocycles. The van der Waals surface area contributed by atoms with Gasteiger partial charge in [0.1, 0.15) is 5.00 Å². The molecule has 3 amide bonds. The van der Waals surface area contributed by atoms with Crippen LogP contribution in [-0.2, 0) is 17.6 Å². The summed E-state index contributed by atoms with van der Waals surface area (Å²) in [7, 11) is 2.09. The molecule has 1 aromatic rings. The summed E-state index contributed by atoms with van der Waals surface area (Å²) in [6.07, 6.45) is 3.33. The lowest BCUT2D eigenvalue weighted by Gasteiger charge is -2.45. The number of likely N-dealkylation sites (N-methyl/N-ethyl adjacent to an activating group) is 2. The second-order valence-electron chi connectivity index (χ2n) is 9.14. The Kier molecular flexibility index (Phi) is 8.41. The minimum Gasteiger partial charge on any atom is -0.396 e. The van der Waals surface area contributed by atoms with Crippen molar-refractivity contribution in [1.82, 2.24) is 20.0 Å². The predicted octanol–water partition coefficient (Wildman–Crippen LogP) is 2.24. The molecule has 9 heteroatoms. The summed E-state index contributed by atoms with van der Waals surface area (Å²) in [5.74, 6) is 0.113. The summed E-state index contributed by atoms with van der Waals surface area (Å²) in [6, 6.07) is 0.126. The molecule has 0 aromatic carbocycles. The number of amides is 3. The number of nitrogen functional groups attached to an aromatic ring is 2. The highest BCUT2D eigenvalue weighted by atomic mass is 32.1. The van der Waals surface area contributed by atoms with Crippen molar-refractivity contribution in [3.05, 3.63) is 10.4 Å². The lowest BCUT2D eigenvalue weighted by molar-refractivity contribution is -0.136. The summed E-state index contributed by atoms with van der Waals surface area (Å²) >= 11 is 1.60. The van der Waals surface area contributed by atoms with Crippen molar-refractivity contribution in [3.63, 3.8) is 0 Å². The van der Waals surface area contributed by atoms with Crippen LogP contribution in [0, 0.1) is 11.8 Å². The van der Waals surface area contributed by atoms with Crippen LogP contribution in [-0.4, -0.2) is 79.0 Å². The van der Waals surface area contributed by atoms with Crippen LogP contribution in [0.1, 0.15) is 44.1 Å². The molecule has 0 bridgehead atoms. The van der Waals surface area contributed by atoms with E-state index in [-0.39, 0.29) is 17.9 Å². The summed E-state index contributed by atoms with van der Waals surface area (Å²) in [5.41, 5.74) is 14.2. The van der Waals surface area contributed by atoms with Crippen molar-refractivity contribution in [2.75, 3.05) is 57.8 Å². The molecule has 32 heavy (non-hydrogen) atoms. The molecule has 8 nitrogen and oxygen atoms in total. The molecule has 0 spiro atoms. The van der Waals surface area contributed by atoms with Gasteiger partial charge in [-0.25, -0.2) is 4.79 Å². The van der Waals surface area contributed by atoms with Gasteiger partial charge in [0.05, 0.1) is 11.6 Å². The predicted molar refractivity (Wildman–Crippen MR) is 132 cm³/mol. The summed E-state index contributed by atoms with van der Waals surface area (Å²) in [5, 5.41) is 3.67. The number of urea groups is 1. The Labute approximate surface area is 196 Å². The molecule has 2 aliphatic rings. The number of rotatable bonds is 8. The number of carbonyl (C=O) groups is 2. The molecule has 0 saturated carbocycles. The maximum atomic E-state index is 13.5. The van der Waals surface area contributed by atoms with Gasteiger partial charge >= 0.3 is 6.03 Å². The SMILES string of the molecule is CCCN(C(=O)NCCN(CC)CC)C(=O)[C@@H]1C[C@@H]2Cc3c(sc(N)c3N)C[C@H]2N(C)C1. The Morgan fingerprint density at radius 3 is 2.53 bits per heavy atom. The van der Waals surface area contributed by atoms with Gasteiger partial charge in [0, 0.05) is 37.1 Å². The van der Waals surface area contributed by atoms with Crippen molar-refractivity contribution in [3.8, 4) is 0 Å². The summed E-state index contributed by atoms with van der Waals surface area (Å²) in [6.45, 7) is 10.6. The zero-order valence-electron chi connectivity index (χ0n) is 20.0. The third-order valence-corrected chi connectivity index (χ3v) is 8.23. The highest BCUT2D eigenvalue weighted by Gasteiger charge is 2.42. The van der Waals surface area contributed by atoms with E-state index in [0.29, 0.717) is 36.6 Å². The summed E-state index contributed by atoms with van der Waals surface area (Å²) < 4.78 is 0. The lowest BCUT2D eigenvalue weighted by Crippen LogP contribution is -2.55. The monoisotopic (exact) mass is 464 g/mol. The average Bonchev–Trinajstić information content (AvgIpc) is 3.06. The molecule has 2 heterocycles. The number of piperidine rings is 1. The van der Waals surface area contributed by atoms with Crippen LogP contribution in [0.3, 0.4) is 0 Å². The average molecular weight is 465 g/mol. The second kappa shape index (κ2) is 10.9. The van der Waals surface area contributed by atoms with E-state index in [0.717, 1.165) is 51.0 Å². The van der Waals surface area contributed by atoms with Crippen LogP contribution in [0.15, 0.2) is 0 Å². The van der Waals surface area contributed by atoms with Crippen LogP contribution >= 0.6 is 11.3 Å². The van der Waals surface area contributed by atoms with E-state index in [2.05, 4.69) is 36.0 Å². The van der Waals surface area contributed by atoms with Crippen LogP contribution in [0.2, 0.25) is 0 Å². The van der Waals surface area contributed by atoms with Gasteiger partial charge in [-0.2, -0.15) is 0 Å². The van der Waals surface area contributed by atoms with Gasteiger partial charge in [-0.05, 0) is 57.3 Å². The Morgan fingerprint density at radius 2 is 1.88 bits per heavy atom. The van der Waals surface area contributed by atoms with Crippen molar-refractivity contribution in [2.45, 2.75) is 52.5 Å². The first-order chi connectivity index (χ1) is 15.3. The first kappa shape index (κ1) is 24.8. The number of imide groups is 1. The Hall–Kier alpha value is -1.84. The third kappa shape index (κ3) is 5.21. The van der Waals surface area contributed by atoms with Gasteiger partial charge in [0.25, 0.3) is 0 Å². The normalized spacial score (nSPS) is 23.0. The second-order valence-corrected chi connectivity index (χ2v) is 10.3. The molecule has 0 unspecified atom stereocenters.